The molecule has 1 aromatic heterocycles. The van der Waals surface area contributed by atoms with Crippen molar-refractivity contribution in [2.75, 3.05) is 10.6 Å². The van der Waals surface area contributed by atoms with Crippen LogP contribution in [0.3, 0.4) is 0 Å². The molecule has 2 aromatic carbocycles. The summed E-state index contributed by atoms with van der Waals surface area (Å²) < 4.78 is 13.4. The first-order valence-electron chi connectivity index (χ1n) is 8.64. The zero-order valence-corrected chi connectivity index (χ0v) is 16.6. The average Bonchev–Trinajstić information content (AvgIpc) is 2.63. The van der Waals surface area contributed by atoms with E-state index in [1.165, 1.54) is 24.5 Å². The summed E-state index contributed by atoms with van der Waals surface area (Å²) >= 11 is 5.86. The minimum Gasteiger partial charge on any atom is -0.340 e. The number of halogens is 2. The molecule has 0 aliphatic carbocycles. The Labute approximate surface area is 167 Å². The van der Waals surface area contributed by atoms with Gasteiger partial charge in [-0.15, -0.1) is 0 Å². The molecule has 0 aliphatic rings. The van der Waals surface area contributed by atoms with Gasteiger partial charge in [-0.1, -0.05) is 39.0 Å². The maximum Gasteiger partial charge on any atom is 0.247 e. The molecule has 1 heterocycles. The summed E-state index contributed by atoms with van der Waals surface area (Å²) in [4.78, 5) is 20.6. The maximum absolute atomic E-state index is 13.4. The van der Waals surface area contributed by atoms with Crippen LogP contribution in [0.15, 0.2) is 49.3 Å². The van der Waals surface area contributed by atoms with E-state index in [2.05, 4.69) is 48.0 Å². The molecule has 0 bridgehead atoms. The first kappa shape index (κ1) is 19.8. The normalized spacial score (nSPS) is 11.3. The van der Waals surface area contributed by atoms with Crippen molar-refractivity contribution in [1.82, 2.24) is 9.97 Å². The molecule has 0 saturated heterocycles. The van der Waals surface area contributed by atoms with Crippen molar-refractivity contribution >= 4 is 45.6 Å². The number of amides is 1. The third kappa shape index (κ3) is 4.12. The molecule has 0 radical (unpaired) electrons. The summed E-state index contributed by atoms with van der Waals surface area (Å²) in [5.74, 6) is -0.284. The summed E-state index contributed by atoms with van der Waals surface area (Å²) in [6, 6.07) is 8.08. The number of nitrogens with zero attached hydrogens (tertiary/aromatic N) is 2. The van der Waals surface area contributed by atoms with Crippen LogP contribution in [0.5, 0.6) is 0 Å². The van der Waals surface area contributed by atoms with E-state index in [1.807, 2.05) is 12.1 Å². The van der Waals surface area contributed by atoms with E-state index in [0.717, 1.165) is 5.56 Å². The van der Waals surface area contributed by atoms with Crippen LogP contribution in [0.4, 0.5) is 21.6 Å². The Balaban J connectivity index is 2.14. The summed E-state index contributed by atoms with van der Waals surface area (Å²) in [6.07, 6.45) is 2.67. The van der Waals surface area contributed by atoms with Gasteiger partial charge in [-0.25, -0.2) is 14.4 Å². The van der Waals surface area contributed by atoms with Gasteiger partial charge in [0.15, 0.2) is 0 Å². The number of aromatic nitrogens is 2. The molecular weight excluding hydrogens is 379 g/mol. The van der Waals surface area contributed by atoms with Gasteiger partial charge >= 0.3 is 0 Å². The summed E-state index contributed by atoms with van der Waals surface area (Å²) in [6.45, 7) is 9.67. The van der Waals surface area contributed by atoms with Crippen molar-refractivity contribution in [3.05, 3.63) is 65.7 Å². The van der Waals surface area contributed by atoms with Crippen molar-refractivity contribution in [3.63, 3.8) is 0 Å². The lowest BCUT2D eigenvalue weighted by Crippen LogP contribution is -2.17. The molecule has 0 saturated carbocycles. The number of carbonyl (C=O) groups is 1. The number of hydrogen-bond acceptors (Lipinski definition) is 4. The van der Waals surface area contributed by atoms with Crippen LogP contribution < -0.4 is 10.6 Å². The summed E-state index contributed by atoms with van der Waals surface area (Å²) in [5, 5.41) is 6.70. The van der Waals surface area contributed by atoms with Gasteiger partial charge < -0.3 is 10.6 Å². The molecule has 1 amide bonds. The smallest absolute Gasteiger partial charge is 0.247 e. The molecule has 2 N–H and O–H groups in total. The molecule has 7 heteroatoms. The quantitative estimate of drug-likeness (QED) is 0.562. The van der Waals surface area contributed by atoms with Crippen LogP contribution in [0.2, 0.25) is 5.02 Å². The number of hydrogen-bond donors (Lipinski definition) is 2. The van der Waals surface area contributed by atoms with Crippen LogP contribution in [0, 0.1) is 5.82 Å². The molecule has 0 fully saturated rings. The lowest BCUT2D eigenvalue weighted by molar-refractivity contribution is -0.111. The van der Waals surface area contributed by atoms with E-state index in [0.29, 0.717) is 28.1 Å². The molecular formula is C21H20ClFN4O. The highest BCUT2D eigenvalue weighted by Crippen LogP contribution is 2.35. The van der Waals surface area contributed by atoms with Gasteiger partial charge in [-0.05, 0) is 47.4 Å². The Bertz CT molecular complexity index is 1080. The number of nitrogens with one attached hydrogen (secondary N) is 2. The summed E-state index contributed by atoms with van der Waals surface area (Å²) in [7, 11) is 0. The van der Waals surface area contributed by atoms with Crippen molar-refractivity contribution in [2.24, 2.45) is 0 Å². The lowest BCUT2D eigenvalue weighted by Gasteiger charge is -2.24. The van der Waals surface area contributed by atoms with Crippen LogP contribution in [0.25, 0.3) is 10.9 Å². The van der Waals surface area contributed by atoms with Crippen molar-refractivity contribution in [1.29, 1.82) is 0 Å². The number of benzene rings is 2. The monoisotopic (exact) mass is 398 g/mol. The van der Waals surface area contributed by atoms with E-state index in [1.54, 1.807) is 6.07 Å². The average molecular weight is 399 g/mol. The second kappa shape index (κ2) is 7.56. The molecule has 3 rings (SSSR count). The van der Waals surface area contributed by atoms with Crippen LogP contribution in [-0.4, -0.2) is 15.9 Å². The topological polar surface area (TPSA) is 66.9 Å². The Kier molecular flexibility index (Phi) is 5.34. The molecule has 0 spiro atoms. The fraction of sp³-hybridized carbons (Fsp3) is 0.190. The Morgan fingerprint density at radius 2 is 1.96 bits per heavy atom. The van der Waals surface area contributed by atoms with E-state index in [4.69, 9.17) is 11.6 Å². The van der Waals surface area contributed by atoms with Gasteiger partial charge in [0.25, 0.3) is 0 Å². The minimum atomic E-state index is -0.496. The number of carbonyl (C=O) groups excluding carboxylic acids is 1. The molecule has 0 atom stereocenters. The zero-order chi connectivity index (χ0) is 20.5. The predicted molar refractivity (Wildman–Crippen MR) is 112 cm³/mol. The van der Waals surface area contributed by atoms with Gasteiger partial charge in [0, 0.05) is 16.8 Å². The number of anilines is 3. The maximum atomic E-state index is 13.4. The third-order valence-corrected chi connectivity index (χ3v) is 4.50. The SMILES string of the molecule is C=CC(=O)Nc1cc2c(Nc3ccc(F)c(Cl)c3)ncnc2cc1C(C)(C)C. The molecule has 144 valence electrons. The van der Waals surface area contributed by atoms with Crippen molar-refractivity contribution in [3.8, 4) is 0 Å². The molecule has 28 heavy (non-hydrogen) atoms. The van der Waals surface area contributed by atoms with Gasteiger partial charge in [-0.3, -0.25) is 4.79 Å². The highest BCUT2D eigenvalue weighted by atomic mass is 35.5. The van der Waals surface area contributed by atoms with Crippen molar-refractivity contribution < 1.29 is 9.18 Å². The highest BCUT2D eigenvalue weighted by molar-refractivity contribution is 6.31. The first-order valence-corrected chi connectivity index (χ1v) is 9.01. The highest BCUT2D eigenvalue weighted by Gasteiger charge is 2.21. The fourth-order valence-corrected chi connectivity index (χ4v) is 3.00. The Hall–Kier alpha value is -2.99. The third-order valence-electron chi connectivity index (χ3n) is 4.21. The summed E-state index contributed by atoms with van der Waals surface area (Å²) in [5.41, 5.74) is 2.67. The second-order valence-corrected chi connectivity index (χ2v) is 7.74. The van der Waals surface area contributed by atoms with Crippen LogP contribution in [0.1, 0.15) is 26.3 Å². The van der Waals surface area contributed by atoms with E-state index >= 15 is 0 Å². The Morgan fingerprint density at radius 1 is 1.21 bits per heavy atom. The number of fused-ring (bicyclic) bond motifs is 1. The number of rotatable bonds is 4. The van der Waals surface area contributed by atoms with E-state index in [-0.39, 0.29) is 16.3 Å². The van der Waals surface area contributed by atoms with E-state index < -0.39 is 5.82 Å². The van der Waals surface area contributed by atoms with Crippen LogP contribution in [-0.2, 0) is 10.2 Å². The Morgan fingerprint density at radius 3 is 2.61 bits per heavy atom. The van der Waals surface area contributed by atoms with Gasteiger partial charge in [-0.2, -0.15) is 0 Å². The zero-order valence-electron chi connectivity index (χ0n) is 15.8. The van der Waals surface area contributed by atoms with Crippen LogP contribution >= 0.6 is 11.6 Å². The molecule has 0 aliphatic heterocycles. The first-order chi connectivity index (χ1) is 13.2. The standard InChI is InChI=1S/C21H20ClFN4O/c1-5-19(28)27-18-9-13-17(10-14(18)21(2,3)4)24-11-25-20(13)26-12-6-7-16(23)15(22)8-12/h5-11H,1H2,2-4H3,(H,27,28)(H,24,25,26). The van der Waals surface area contributed by atoms with Gasteiger partial charge in [0.1, 0.15) is 18.0 Å². The van der Waals surface area contributed by atoms with Gasteiger partial charge in [0.2, 0.25) is 5.91 Å². The largest absolute Gasteiger partial charge is 0.340 e. The van der Waals surface area contributed by atoms with Gasteiger partial charge in [0.05, 0.1) is 10.5 Å². The fourth-order valence-electron chi connectivity index (χ4n) is 2.82. The second-order valence-electron chi connectivity index (χ2n) is 7.33. The molecule has 3 aromatic rings. The lowest BCUT2D eigenvalue weighted by atomic mass is 9.85. The molecule has 0 unspecified atom stereocenters. The predicted octanol–water partition coefficient (Wildman–Crippen LogP) is 5.59. The minimum absolute atomic E-state index is 0.0114. The van der Waals surface area contributed by atoms with E-state index in [9.17, 15) is 9.18 Å². The van der Waals surface area contributed by atoms with Crippen molar-refractivity contribution in [2.45, 2.75) is 26.2 Å². The molecule has 5 nitrogen and oxygen atoms in total.